The first-order valence-corrected chi connectivity index (χ1v) is 8.56. The molecule has 3 aliphatic rings. The molecule has 1 N–H and O–H groups in total. The van der Waals surface area contributed by atoms with Crippen LogP contribution >= 0.6 is 0 Å². The van der Waals surface area contributed by atoms with E-state index in [9.17, 15) is 19.7 Å². The number of rotatable bonds is 2. The number of nitrogens with zero attached hydrogens (tertiary/aromatic N) is 3. The number of imidazole rings is 1. The number of carbonyl (C=O) groups excluding carboxylic acids is 2. The lowest BCUT2D eigenvalue weighted by atomic mass is 9.84. The lowest BCUT2D eigenvalue weighted by Gasteiger charge is -2.25. The molecule has 0 spiro atoms. The molecule has 8 nitrogen and oxygen atoms in total. The molecule has 2 aromatic rings. The largest absolute Gasteiger partial charge is 0.358 e. The van der Waals surface area contributed by atoms with E-state index < -0.39 is 10.8 Å². The molecule has 1 unspecified atom stereocenters. The first-order chi connectivity index (χ1) is 13.0. The number of benzene rings is 1. The van der Waals surface area contributed by atoms with Gasteiger partial charge in [0.1, 0.15) is 12.1 Å². The summed E-state index contributed by atoms with van der Waals surface area (Å²) in [6.07, 6.45) is 2.09. The number of allylic oxidation sites excluding steroid dienone is 3. The van der Waals surface area contributed by atoms with Gasteiger partial charge in [-0.3, -0.25) is 9.59 Å². The SMILES string of the molecule is Cn1c([N+](=O)[O-])cnc1C1C2=C(CCC2=O)NC2=C1C(=O)c1ccccc12. The fourth-order valence-corrected chi connectivity index (χ4v) is 4.26. The average Bonchev–Trinajstić information content (AvgIpc) is 3.30. The van der Waals surface area contributed by atoms with E-state index in [0.717, 1.165) is 11.3 Å². The Morgan fingerprint density at radius 3 is 2.63 bits per heavy atom. The normalized spacial score (nSPS) is 20.6. The van der Waals surface area contributed by atoms with Crippen molar-refractivity contribution in [3.05, 3.63) is 74.4 Å². The molecule has 2 heterocycles. The number of hydrogen-bond donors (Lipinski definition) is 1. The van der Waals surface area contributed by atoms with Crippen LogP contribution in [-0.4, -0.2) is 26.0 Å². The zero-order valence-corrected chi connectivity index (χ0v) is 14.4. The maximum atomic E-state index is 13.2. The molecule has 27 heavy (non-hydrogen) atoms. The third-order valence-electron chi connectivity index (χ3n) is 5.48. The van der Waals surface area contributed by atoms with Crippen molar-refractivity contribution in [2.24, 2.45) is 7.05 Å². The molecule has 0 amide bonds. The quantitative estimate of drug-likeness (QED) is 0.648. The van der Waals surface area contributed by atoms with Gasteiger partial charge in [0.2, 0.25) is 5.82 Å². The molecule has 0 fully saturated rings. The van der Waals surface area contributed by atoms with Gasteiger partial charge >= 0.3 is 5.82 Å². The van der Waals surface area contributed by atoms with E-state index >= 15 is 0 Å². The molecule has 0 saturated carbocycles. The number of hydrogen-bond acceptors (Lipinski definition) is 6. The number of Topliss-reactive ketones (excluding diaryl/α,β-unsaturated/α-hetero) is 2. The van der Waals surface area contributed by atoms with Crippen LogP contribution in [0.15, 0.2) is 47.3 Å². The van der Waals surface area contributed by atoms with E-state index in [0.29, 0.717) is 41.1 Å². The predicted molar refractivity (Wildman–Crippen MR) is 94.7 cm³/mol. The van der Waals surface area contributed by atoms with Gasteiger partial charge in [0.25, 0.3) is 0 Å². The van der Waals surface area contributed by atoms with Gasteiger partial charge < -0.3 is 15.4 Å². The fourth-order valence-electron chi connectivity index (χ4n) is 4.26. The van der Waals surface area contributed by atoms with Crippen molar-refractivity contribution in [1.82, 2.24) is 14.9 Å². The van der Waals surface area contributed by atoms with Crippen molar-refractivity contribution in [3.63, 3.8) is 0 Å². The van der Waals surface area contributed by atoms with Crippen LogP contribution in [0.4, 0.5) is 5.82 Å². The standard InChI is InChI=1S/C19H14N4O4/c1-22-13(23(26)27)8-20-19(22)15-14-11(6-7-12(14)24)21-17-9-4-2-3-5-10(9)18(25)16(15)17/h2-5,8,15,21H,6-7H2,1H3. The predicted octanol–water partition coefficient (Wildman–Crippen LogP) is 2.24. The molecule has 0 bridgehead atoms. The summed E-state index contributed by atoms with van der Waals surface area (Å²) < 4.78 is 1.35. The Hall–Kier alpha value is -3.55. The van der Waals surface area contributed by atoms with Crippen LogP contribution in [0.2, 0.25) is 0 Å². The Balaban J connectivity index is 1.76. The molecule has 8 heteroatoms. The second-order valence-electron chi connectivity index (χ2n) is 6.83. The minimum Gasteiger partial charge on any atom is -0.358 e. The third-order valence-corrected chi connectivity index (χ3v) is 5.48. The highest BCUT2D eigenvalue weighted by atomic mass is 16.6. The first kappa shape index (κ1) is 15.7. The van der Waals surface area contributed by atoms with Crippen molar-refractivity contribution in [2.75, 3.05) is 0 Å². The van der Waals surface area contributed by atoms with Crippen LogP contribution in [0.5, 0.6) is 0 Å². The van der Waals surface area contributed by atoms with Gasteiger partial charge in [0.15, 0.2) is 11.6 Å². The summed E-state index contributed by atoms with van der Waals surface area (Å²) in [6.45, 7) is 0. The monoisotopic (exact) mass is 362 g/mol. The summed E-state index contributed by atoms with van der Waals surface area (Å²) in [6, 6.07) is 7.27. The highest BCUT2D eigenvalue weighted by Crippen LogP contribution is 2.49. The van der Waals surface area contributed by atoms with Crippen LogP contribution < -0.4 is 5.32 Å². The molecule has 1 aromatic carbocycles. The van der Waals surface area contributed by atoms with E-state index in [4.69, 9.17) is 0 Å². The van der Waals surface area contributed by atoms with Gasteiger partial charge in [-0.2, -0.15) is 0 Å². The Kier molecular flexibility index (Phi) is 3.04. The van der Waals surface area contributed by atoms with Gasteiger partial charge in [0, 0.05) is 34.4 Å². The van der Waals surface area contributed by atoms with E-state index in [1.54, 1.807) is 12.1 Å². The maximum absolute atomic E-state index is 13.2. The Morgan fingerprint density at radius 2 is 1.93 bits per heavy atom. The number of dihydropyridines is 1. The summed E-state index contributed by atoms with van der Waals surface area (Å²) in [7, 11) is 1.54. The molecule has 5 rings (SSSR count). The molecule has 0 radical (unpaired) electrons. The van der Waals surface area contributed by atoms with Crippen molar-refractivity contribution >= 4 is 23.1 Å². The smallest absolute Gasteiger partial charge is 0.342 e. The van der Waals surface area contributed by atoms with Crippen LogP contribution in [0.25, 0.3) is 5.70 Å². The van der Waals surface area contributed by atoms with Gasteiger partial charge in [-0.05, 0) is 11.3 Å². The van der Waals surface area contributed by atoms with Crippen molar-refractivity contribution in [3.8, 4) is 0 Å². The number of fused-ring (bicyclic) bond motifs is 2. The van der Waals surface area contributed by atoms with Gasteiger partial charge in [-0.1, -0.05) is 24.3 Å². The minimum absolute atomic E-state index is 0.0524. The van der Waals surface area contributed by atoms with Gasteiger partial charge in [-0.15, -0.1) is 0 Å². The number of aromatic nitrogens is 2. The molecule has 1 aliphatic heterocycles. The van der Waals surface area contributed by atoms with Crippen LogP contribution in [0.3, 0.4) is 0 Å². The van der Waals surface area contributed by atoms with Crippen LogP contribution in [0.1, 0.15) is 40.5 Å². The Morgan fingerprint density at radius 1 is 1.19 bits per heavy atom. The number of nitrogens with one attached hydrogen (secondary N) is 1. The van der Waals surface area contributed by atoms with E-state index in [2.05, 4.69) is 10.3 Å². The van der Waals surface area contributed by atoms with E-state index in [1.807, 2.05) is 12.1 Å². The number of ketones is 2. The topological polar surface area (TPSA) is 107 Å². The van der Waals surface area contributed by atoms with Gasteiger partial charge in [0.05, 0.1) is 12.7 Å². The molecular weight excluding hydrogens is 348 g/mol. The second-order valence-corrected chi connectivity index (χ2v) is 6.83. The molecule has 0 saturated heterocycles. The Labute approximate surface area is 153 Å². The summed E-state index contributed by atoms with van der Waals surface area (Å²) >= 11 is 0. The third kappa shape index (κ3) is 1.95. The van der Waals surface area contributed by atoms with Crippen LogP contribution in [0, 0.1) is 10.1 Å². The summed E-state index contributed by atoms with van der Waals surface area (Å²) in [5.41, 5.74) is 3.75. The zero-order valence-electron chi connectivity index (χ0n) is 14.4. The van der Waals surface area contributed by atoms with Crippen molar-refractivity contribution in [1.29, 1.82) is 0 Å². The van der Waals surface area contributed by atoms with E-state index in [-0.39, 0.29) is 17.4 Å². The summed E-state index contributed by atoms with van der Waals surface area (Å²) in [4.78, 5) is 40.7. The molecule has 134 valence electrons. The Bertz CT molecular complexity index is 1140. The lowest BCUT2D eigenvalue weighted by molar-refractivity contribution is -0.391. The van der Waals surface area contributed by atoms with E-state index in [1.165, 1.54) is 17.8 Å². The van der Waals surface area contributed by atoms with Crippen LogP contribution in [-0.2, 0) is 11.8 Å². The molecule has 1 aromatic heterocycles. The average molecular weight is 362 g/mol. The van der Waals surface area contributed by atoms with Crippen molar-refractivity contribution < 1.29 is 14.5 Å². The molecule has 2 aliphatic carbocycles. The van der Waals surface area contributed by atoms with Gasteiger partial charge in [-0.25, -0.2) is 9.55 Å². The lowest BCUT2D eigenvalue weighted by Crippen LogP contribution is -2.27. The summed E-state index contributed by atoms with van der Waals surface area (Å²) in [5.74, 6) is -0.774. The molecular formula is C19H14N4O4. The highest BCUT2D eigenvalue weighted by Gasteiger charge is 2.47. The highest BCUT2D eigenvalue weighted by molar-refractivity contribution is 6.23. The molecule has 1 atom stereocenters. The number of carbonyl (C=O) groups is 2. The first-order valence-electron chi connectivity index (χ1n) is 8.56. The van der Waals surface area contributed by atoms with Crippen molar-refractivity contribution in [2.45, 2.75) is 18.8 Å². The number of nitro groups is 1. The second kappa shape index (κ2) is 5.23. The summed E-state index contributed by atoms with van der Waals surface area (Å²) in [5, 5.41) is 14.5. The maximum Gasteiger partial charge on any atom is 0.342 e. The minimum atomic E-state index is -0.704. The fraction of sp³-hybridized carbons (Fsp3) is 0.211. The zero-order chi connectivity index (χ0) is 18.9.